The van der Waals surface area contributed by atoms with Crippen LogP contribution in [0.25, 0.3) is 0 Å². The van der Waals surface area contributed by atoms with Crippen molar-refractivity contribution in [2.45, 2.75) is 31.1 Å². The molecule has 29 heavy (non-hydrogen) atoms. The van der Waals surface area contributed by atoms with Crippen molar-refractivity contribution in [1.82, 2.24) is 15.2 Å². The molecule has 0 aliphatic carbocycles. The molecule has 2 N–H and O–H groups in total. The maximum absolute atomic E-state index is 12.9. The number of nitrogens with one attached hydrogen (secondary N) is 1. The third kappa shape index (κ3) is 5.39. The van der Waals surface area contributed by atoms with Gasteiger partial charge < -0.3 is 29.5 Å². The second-order valence-electron chi connectivity index (χ2n) is 6.73. The number of hydrogen-bond acceptors (Lipinski definition) is 7. The summed E-state index contributed by atoms with van der Waals surface area (Å²) in [5, 5.41) is 11.8. The quantitative estimate of drug-likeness (QED) is 0.449. The molecule has 0 radical (unpaired) electrons. The van der Waals surface area contributed by atoms with Gasteiger partial charge in [-0.15, -0.1) is 0 Å². The number of carboxylic acids is 1. The molecule has 1 aromatic rings. The van der Waals surface area contributed by atoms with Crippen LogP contribution in [0.1, 0.15) is 19.3 Å². The van der Waals surface area contributed by atoms with Gasteiger partial charge in [-0.05, 0) is 12.5 Å². The van der Waals surface area contributed by atoms with E-state index in [-0.39, 0.29) is 38.4 Å². The van der Waals surface area contributed by atoms with Crippen LogP contribution in [-0.4, -0.2) is 77.5 Å². The number of carbonyl (C=O) groups is 3. The summed E-state index contributed by atoms with van der Waals surface area (Å²) < 4.78 is 29.2. The number of carboxylic acid groups (broad SMARTS) is 1. The molecule has 10 nitrogen and oxygen atoms in total. The van der Waals surface area contributed by atoms with Gasteiger partial charge in [-0.2, -0.15) is 4.39 Å². The molecule has 158 valence electrons. The number of ether oxygens (including phenoxy) is 3. The second kappa shape index (κ2) is 9.14. The van der Waals surface area contributed by atoms with E-state index in [1.807, 2.05) is 0 Å². The van der Waals surface area contributed by atoms with Crippen LogP contribution in [0.5, 0.6) is 5.75 Å². The Kier molecular flexibility index (Phi) is 6.60. The summed E-state index contributed by atoms with van der Waals surface area (Å²) in [6.07, 6.45) is 1.78. The minimum absolute atomic E-state index is 0.00893. The highest BCUT2D eigenvalue weighted by Gasteiger charge is 2.52. The highest BCUT2D eigenvalue weighted by atomic mass is 19.1. The van der Waals surface area contributed by atoms with Crippen molar-refractivity contribution in [2.75, 3.05) is 32.9 Å². The minimum Gasteiger partial charge on any atom is -0.493 e. The van der Waals surface area contributed by atoms with Crippen molar-refractivity contribution >= 4 is 17.8 Å². The van der Waals surface area contributed by atoms with Crippen molar-refractivity contribution in [1.29, 1.82) is 0 Å². The number of nitrogens with zero attached hydrogens (tertiary/aromatic N) is 2. The predicted octanol–water partition coefficient (Wildman–Crippen LogP) is -0.0755. The Hall–Kier alpha value is -2.79. The number of carbonyl (C=O) groups excluding carboxylic acids is 2. The zero-order valence-electron chi connectivity index (χ0n) is 15.6. The van der Waals surface area contributed by atoms with Crippen LogP contribution in [0.15, 0.2) is 18.3 Å². The summed E-state index contributed by atoms with van der Waals surface area (Å²) in [5.41, 5.74) is 0. The molecule has 2 amide bonds. The highest BCUT2D eigenvalue weighted by molar-refractivity contribution is 5.88. The number of halogens is 1. The number of aliphatic carboxylic acids is 1. The molecule has 2 fully saturated rings. The van der Waals surface area contributed by atoms with E-state index in [2.05, 4.69) is 10.3 Å². The Morgan fingerprint density at radius 1 is 1.38 bits per heavy atom. The molecular formula is C18H22FN3O7. The summed E-state index contributed by atoms with van der Waals surface area (Å²) in [4.78, 5) is 40.4. The third-order valence-corrected chi connectivity index (χ3v) is 4.66. The van der Waals surface area contributed by atoms with E-state index >= 15 is 0 Å². The van der Waals surface area contributed by atoms with Crippen LogP contribution < -0.4 is 10.1 Å². The number of hydrogen-bond donors (Lipinski definition) is 2. The average molecular weight is 411 g/mol. The average Bonchev–Trinajstić information content (AvgIpc) is 3.31. The van der Waals surface area contributed by atoms with Crippen LogP contribution in [0.2, 0.25) is 0 Å². The second-order valence-corrected chi connectivity index (χ2v) is 6.73. The van der Waals surface area contributed by atoms with E-state index in [1.54, 1.807) is 0 Å². The fourth-order valence-corrected chi connectivity index (χ4v) is 3.29. The molecule has 1 aromatic heterocycles. The molecule has 11 heteroatoms. The molecule has 0 aromatic carbocycles. The Bertz CT molecular complexity index is 770. The van der Waals surface area contributed by atoms with Crippen molar-refractivity contribution < 1.29 is 38.1 Å². The smallest absolute Gasteiger partial charge is 0.326 e. The fourth-order valence-electron chi connectivity index (χ4n) is 3.29. The lowest BCUT2D eigenvalue weighted by molar-refractivity contribution is -0.152. The molecule has 0 bridgehead atoms. The first-order chi connectivity index (χ1) is 13.9. The highest BCUT2D eigenvalue weighted by Crippen LogP contribution is 2.34. The van der Waals surface area contributed by atoms with Crippen LogP contribution in [0.3, 0.4) is 0 Å². The first-order valence-electron chi connectivity index (χ1n) is 9.20. The summed E-state index contributed by atoms with van der Waals surface area (Å²) in [6, 6.07) is 1.58. The van der Waals surface area contributed by atoms with Crippen molar-refractivity contribution in [3.8, 4) is 5.75 Å². The maximum Gasteiger partial charge on any atom is 0.326 e. The minimum atomic E-state index is -1.15. The van der Waals surface area contributed by atoms with Gasteiger partial charge in [0.15, 0.2) is 5.79 Å². The first kappa shape index (κ1) is 20.9. The number of aromatic nitrogens is 1. The summed E-state index contributed by atoms with van der Waals surface area (Å²) in [6.45, 7) is 0.567. The number of likely N-dealkylation sites (tertiary alicyclic amines) is 1. The summed E-state index contributed by atoms with van der Waals surface area (Å²) in [5.74, 6) is -3.47. The lowest BCUT2D eigenvalue weighted by atomic mass is 10.1. The van der Waals surface area contributed by atoms with E-state index in [1.165, 1.54) is 12.3 Å². The van der Waals surface area contributed by atoms with Gasteiger partial charge in [0, 0.05) is 25.1 Å². The van der Waals surface area contributed by atoms with Crippen LogP contribution in [0, 0.1) is 5.95 Å². The van der Waals surface area contributed by atoms with Crippen LogP contribution >= 0.6 is 0 Å². The summed E-state index contributed by atoms with van der Waals surface area (Å²) in [7, 11) is 0. The van der Waals surface area contributed by atoms with Gasteiger partial charge in [0.25, 0.3) is 0 Å². The zero-order chi connectivity index (χ0) is 20.9. The Morgan fingerprint density at radius 2 is 2.14 bits per heavy atom. The van der Waals surface area contributed by atoms with Gasteiger partial charge in [-0.1, -0.05) is 0 Å². The monoisotopic (exact) mass is 411 g/mol. The number of rotatable bonds is 8. The van der Waals surface area contributed by atoms with E-state index in [4.69, 9.17) is 14.2 Å². The van der Waals surface area contributed by atoms with Gasteiger partial charge in [-0.3, -0.25) is 9.59 Å². The SMILES string of the molecule is O=C(CCCOc1ccnc(F)c1)NCC(=O)N1CC2(CC1C(=O)O)OCCO2. The van der Waals surface area contributed by atoms with Gasteiger partial charge >= 0.3 is 5.97 Å². The molecule has 2 saturated heterocycles. The zero-order valence-corrected chi connectivity index (χ0v) is 15.6. The van der Waals surface area contributed by atoms with Crippen molar-refractivity contribution in [3.63, 3.8) is 0 Å². The topological polar surface area (TPSA) is 127 Å². The maximum atomic E-state index is 12.9. The third-order valence-electron chi connectivity index (χ3n) is 4.66. The molecular weight excluding hydrogens is 389 g/mol. The predicted molar refractivity (Wildman–Crippen MR) is 94.3 cm³/mol. The molecule has 0 saturated carbocycles. The first-order valence-corrected chi connectivity index (χ1v) is 9.20. The number of amides is 2. The Balaban J connectivity index is 1.40. The van der Waals surface area contributed by atoms with Gasteiger partial charge in [0.05, 0.1) is 32.9 Å². The van der Waals surface area contributed by atoms with Crippen molar-refractivity contribution in [2.24, 2.45) is 0 Å². The fraction of sp³-hybridized carbons (Fsp3) is 0.556. The lowest BCUT2D eigenvalue weighted by Gasteiger charge is -2.23. The van der Waals surface area contributed by atoms with Gasteiger partial charge in [0.2, 0.25) is 17.8 Å². The Morgan fingerprint density at radius 3 is 2.83 bits per heavy atom. The molecule has 3 rings (SSSR count). The number of pyridine rings is 1. The molecule has 1 unspecified atom stereocenters. The van der Waals surface area contributed by atoms with E-state index in [0.717, 1.165) is 11.0 Å². The van der Waals surface area contributed by atoms with E-state index in [9.17, 15) is 23.9 Å². The van der Waals surface area contributed by atoms with Crippen LogP contribution in [-0.2, 0) is 23.9 Å². The molecule has 2 aliphatic rings. The molecule has 2 aliphatic heterocycles. The van der Waals surface area contributed by atoms with Gasteiger partial charge in [0.1, 0.15) is 11.8 Å². The lowest BCUT2D eigenvalue weighted by Crippen LogP contribution is -2.46. The van der Waals surface area contributed by atoms with Crippen molar-refractivity contribution in [3.05, 3.63) is 24.3 Å². The molecule has 1 spiro atoms. The molecule has 3 heterocycles. The van der Waals surface area contributed by atoms with Crippen LogP contribution in [0.4, 0.5) is 4.39 Å². The largest absolute Gasteiger partial charge is 0.493 e. The molecule has 1 atom stereocenters. The standard InChI is InChI=1S/C18H22FN3O7/c19-14-8-12(3-4-20-14)27-5-1-2-15(23)21-10-16(24)22-11-18(28-6-7-29-18)9-13(22)17(25)26/h3-4,8,13H,1-2,5-7,9-11H2,(H,21,23)(H,25,26). The van der Waals surface area contributed by atoms with Gasteiger partial charge in [-0.25, -0.2) is 9.78 Å². The van der Waals surface area contributed by atoms with E-state index in [0.29, 0.717) is 25.4 Å². The van der Waals surface area contributed by atoms with E-state index < -0.39 is 29.7 Å². The summed E-state index contributed by atoms with van der Waals surface area (Å²) >= 11 is 0. The normalized spacial score (nSPS) is 20.0. The Labute approximate surface area is 165 Å².